The molecular weight excluding hydrogens is 274 g/mol. The summed E-state index contributed by atoms with van der Waals surface area (Å²) in [4.78, 5) is 12.4. The van der Waals surface area contributed by atoms with Crippen molar-refractivity contribution in [2.75, 3.05) is 12.4 Å². The smallest absolute Gasteiger partial charge is 0.331 e. The Kier molecular flexibility index (Phi) is 4.59. The fraction of sp³-hybridized carbons (Fsp3) is 0.562. The number of para-hydroxylation sites is 1. The molecule has 0 aromatic heterocycles. The molecule has 1 saturated carbocycles. The molecule has 0 heterocycles. The molecule has 2 unspecified atom stereocenters. The molecule has 0 radical (unpaired) electrons. The molecule has 0 bridgehead atoms. The SMILES string of the molecule is COC(=O)C1(Nc2ccccc2Cl)CC(C)CC(C)C1. The van der Waals surface area contributed by atoms with Crippen LogP contribution in [0, 0.1) is 11.8 Å². The second-order valence-electron chi connectivity index (χ2n) is 6.03. The van der Waals surface area contributed by atoms with Crippen LogP contribution in [0.5, 0.6) is 0 Å². The first-order valence-corrected chi connectivity index (χ1v) is 7.46. The molecule has 0 amide bonds. The third kappa shape index (κ3) is 3.09. The van der Waals surface area contributed by atoms with Gasteiger partial charge in [-0.1, -0.05) is 37.6 Å². The molecule has 0 aliphatic heterocycles. The van der Waals surface area contributed by atoms with Crippen LogP contribution in [0.3, 0.4) is 0 Å². The van der Waals surface area contributed by atoms with Crippen molar-refractivity contribution in [3.05, 3.63) is 29.3 Å². The van der Waals surface area contributed by atoms with E-state index in [0.29, 0.717) is 16.9 Å². The molecule has 3 nitrogen and oxygen atoms in total. The Morgan fingerprint density at radius 2 is 1.90 bits per heavy atom. The van der Waals surface area contributed by atoms with Crippen LogP contribution < -0.4 is 5.32 Å². The summed E-state index contributed by atoms with van der Waals surface area (Å²) in [6.45, 7) is 4.36. The molecule has 2 atom stereocenters. The predicted octanol–water partition coefficient (Wildman–Crippen LogP) is 4.12. The number of nitrogens with one attached hydrogen (secondary N) is 1. The first kappa shape index (κ1) is 15.2. The van der Waals surface area contributed by atoms with Gasteiger partial charge >= 0.3 is 5.97 Å². The van der Waals surface area contributed by atoms with Gasteiger partial charge in [0.05, 0.1) is 17.8 Å². The van der Waals surface area contributed by atoms with E-state index >= 15 is 0 Å². The lowest BCUT2D eigenvalue weighted by Gasteiger charge is -2.41. The van der Waals surface area contributed by atoms with E-state index in [2.05, 4.69) is 19.2 Å². The Morgan fingerprint density at radius 1 is 1.30 bits per heavy atom. The first-order valence-electron chi connectivity index (χ1n) is 7.08. The molecule has 1 aliphatic rings. The van der Waals surface area contributed by atoms with Gasteiger partial charge in [0.1, 0.15) is 5.54 Å². The number of hydrogen-bond acceptors (Lipinski definition) is 3. The van der Waals surface area contributed by atoms with Crippen LogP contribution in [0.1, 0.15) is 33.1 Å². The molecule has 0 saturated heterocycles. The lowest BCUT2D eigenvalue weighted by Crippen LogP contribution is -2.52. The molecule has 1 aromatic carbocycles. The van der Waals surface area contributed by atoms with E-state index < -0.39 is 5.54 Å². The molecule has 1 aliphatic carbocycles. The van der Waals surface area contributed by atoms with Crippen LogP contribution in [0.25, 0.3) is 0 Å². The number of esters is 1. The molecule has 0 spiro atoms. The van der Waals surface area contributed by atoms with E-state index in [9.17, 15) is 4.79 Å². The number of carbonyl (C=O) groups is 1. The van der Waals surface area contributed by atoms with Gasteiger partial charge in [-0.3, -0.25) is 0 Å². The summed E-state index contributed by atoms with van der Waals surface area (Å²) >= 11 is 6.21. The molecule has 110 valence electrons. The number of rotatable bonds is 3. The maximum atomic E-state index is 12.4. The van der Waals surface area contributed by atoms with E-state index in [0.717, 1.165) is 24.9 Å². The minimum absolute atomic E-state index is 0.198. The van der Waals surface area contributed by atoms with Crippen LogP contribution in [0.15, 0.2) is 24.3 Å². The zero-order valence-electron chi connectivity index (χ0n) is 12.3. The number of methoxy groups -OCH3 is 1. The lowest BCUT2D eigenvalue weighted by molar-refractivity contribution is -0.148. The summed E-state index contributed by atoms with van der Waals surface area (Å²) in [5.74, 6) is 0.761. The summed E-state index contributed by atoms with van der Waals surface area (Å²) in [6.07, 6.45) is 2.69. The number of hydrogen-bond donors (Lipinski definition) is 1. The quantitative estimate of drug-likeness (QED) is 0.853. The maximum Gasteiger partial charge on any atom is 0.331 e. The van der Waals surface area contributed by atoms with Gasteiger partial charge in [0.25, 0.3) is 0 Å². The van der Waals surface area contributed by atoms with Crippen molar-refractivity contribution >= 4 is 23.3 Å². The van der Waals surface area contributed by atoms with Crippen LogP contribution in [0.4, 0.5) is 5.69 Å². The Labute approximate surface area is 125 Å². The molecule has 4 heteroatoms. The second-order valence-corrected chi connectivity index (χ2v) is 6.44. The van der Waals surface area contributed by atoms with Crippen LogP contribution in [-0.4, -0.2) is 18.6 Å². The molecule has 2 rings (SSSR count). The average molecular weight is 296 g/mol. The van der Waals surface area contributed by atoms with Gasteiger partial charge in [0.2, 0.25) is 0 Å². The summed E-state index contributed by atoms with van der Waals surface area (Å²) in [5, 5.41) is 3.99. The van der Waals surface area contributed by atoms with Crippen LogP contribution >= 0.6 is 11.6 Å². The molecule has 1 fully saturated rings. The van der Waals surface area contributed by atoms with Gasteiger partial charge < -0.3 is 10.1 Å². The van der Waals surface area contributed by atoms with E-state index in [4.69, 9.17) is 16.3 Å². The van der Waals surface area contributed by atoms with Crippen molar-refractivity contribution in [1.29, 1.82) is 0 Å². The van der Waals surface area contributed by atoms with Crippen molar-refractivity contribution in [3.63, 3.8) is 0 Å². The summed E-state index contributed by atoms with van der Waals surface area (Å²) in [6, 6.07) is 7.51. The average Bonchev–Trinajstić information content (AvgIpc) is 2.39. The highest BCUT2D eigenvalue weighted by Crippen LogP contribution is 2.40. The lowest BCUT2D eigenvalue weighted by atomic mass is 9.71. The molecule has 1 N–H and O–H groups in total. The molecule has 20 heavy (non-hydrogen) atoms. The zero-order chi connectivity index (χ0) is 14.8. The van der Waals surface area contributed by atoms with Crippen molar-refractivity contribution in [2.45, 2.75) is 38.6 Å². The topological polar surface area (TPSA) is 38.3 Å². The monoisotopic (exact) mass is 295 g/mol. The molecular formula is C16H22ClNO2. The van der Waals surface area contributed by atoms with E-state index in [1.54, 1.807) is 0 Å². The minimum Gasteiger partial charge on any atom is -0.467 e. The second kappa shape index (κ2) is 6.04. The highest BCUT2D eigenvalue weighted by atomic mass is 35.5. The van der Waals surface area contributed by atoms with Crippen molar-refractivity contribution in [1.82, 2.24) is 0 Å². The number of anilines is 1. The standard InChI is InChI=1S/C16H22ClNO2/c1-11-8-12(2)10-16(9-11,15(19)20-3)18-14-7-5-4-6-13(14)17/h4-7,11-12,18H,8-10H2,1-3H3. The number of carbonyl (C=O) groups excluding carboxylic acids is 1. The Morgan fingerprint density at radius 3 is 2.45 bits per heavy atom. The molecule has 1 aromatic rings. The number of benzene rings is 1. The Hall–Kier alpha value is -1.22. The predicted molar refractivity (Wildman–Crippen MR) is 82.0 cm³/mol. The van der Waals surface area contributed by atoms with Gasteiger partial charge in [-0.2, -0.15) is 0 Å². The van der Waals surface area contributed by atoms with Crippen LogP contribution in [-0.2, 0) is 9.53 Å². The van der Waals surface area contributed by atoms with Crippen molar-refractivity contribution in [2.24, 2.45) is 11.8 Å². The normalized spacial score (nSPS) is 29.8. The first-order chi connectivity index (χ1) is 9.47. The van der Waals surface area contributed by atoms with E-state index in [1.807, 2.05) is 24.3 Å². The van der Waals surface area contributed by atoms with Crippen molar-refractivity contribution < 1.29 is 9.53 Å². The van der Waals surface area contributed by atoms with Gasteiger partial charge in [-0.15, -0.1) is 0 Å². The van der Waals surface area contributed by atoms with Gasteiger partial charge in [0, 0.05) is 0 Å². The third-order valence-corrected chi connectivity index (χ3v) is 4.35. The highest BCUT2D eigenvalue weighted by molar-refractivity contribution is 6.33. The fourth-order valence-electron chi connectivity index (χ4n) is 3.46. The van der Waals surface area contributed by atoms with Gasteiger partial charge in [-0.25, -0.2) is 4.79 Å². The third-order valence-electron chi connectivity index (χ3n) is 4.02. The number of ether oxygens (including phenoxy) is 1. The maximum absolute atomic E-state index is 12.4. The number of halogens is 1. The van der Waals surface area contributed by atoms with Crippen LogP contribution in [0.2, 0.25) is 5.02 Å². The van der Waals surface area contributed by atoms with Crippen molar-refractivity contribution in [3.8, 4) is 0 Å². The largest absolute Gasteiger partial charge is 0.467 e. The zero-order valence-corrected chi connectivity index (χ0v) is 13.0. The Bertz CT molecular complexity index is 479. The summed E-state index contributed by atoms with van der Waals surface area (Å²) < 4.78 is 5.06. The van der Waals surface area contributed by atoms with Gasteiger partial charge in [0.15, 0.2) is 0 Å². The fourth-order valence-corrected chi connectivity index (χ4v) is 3.65. The summed E-state index contributed by atoms with van der Waals surface area (Å²) in [7, 11) is 1.45. The van der Waals surface area contributed by atoms with E-state index in [-0.39, 0.29) is 5.97 Å². The van der Waals surface area contributed by atoms with Gasteiger partial charge in [-0.05, 0) is 43.2 Å². The highest BCUT2D eigenvalue weighted by Gasteiger charge is 2.45. The Balaban J connectivity index is 2.33. The van der Waals surface area contributed by atoms with E-state index in [1.165, 1.54) is 7.11 Å². The summed E-state index contributed by atoms with van der Waals surface area (Å²) in [5.41, 5.74) is 0.123. The minimum atomic E-state index is -0.670.